The van der Waals surface area contributed by atoms with Crippen LogP contribution in [0.15, 0.2) is 133 Å². The molecule has 5 aromatic carbocycles. The lowest BCUT2D eigenvalue weighted by molar-refractivity contribution is -0.178. The Morgan fingerprint density at radius 2 is 1.51 bits per heavy atom. The Hall–Kier alpha value is -5.48. The minimum absolute atomic E-state index is 0.0292. The van der Waals surface area contributed by atoms with E-state index in [0.29, 0.717) is 16.3 Å². The number of carbonyl (C=O) groups excluding carboxylic acids is 3. The fourth-order valence-electron chi connectivity index (χ4n) is 9.16. The lowest BCUT2D eigenvalue weighted by Crippen LogP contribution is -2.52. The highest BCUT2D eigenvalue weighted by Gasteiger charge is 2.73. The van der Waals surface area contributed by atoms with Gasteiger partial charge in [0.15, 0.2) is 5.78 Å². The van der Waals surface area contributed by atoms with Crippen LogP contribution in [0.2, 0.25) is 0 Å². The molecule has 9 heteroatoms. The summed E-state index contributed by atoms with van der Waals surface area (Å²) >= 11 is 1.45. The Balaban J connectivity index is 1.33. The average molecular weight is 721 g/mol. The summed E-state index contributed by atoms with van der Waals surface area (Å²) in [5, 5.41) is 10.5. The molecule has 3 aliphatic rings. The van der Waals surface area contributed by atoms with E-state index >= 15 is 9.59 Å². The summed E-state index contributed by atoms with van der Waals surface area (Å²) in [7, 11) is 0. The van der Waals surface area contributed by atoms with Gasteiger partial charge in [0.2, 0.25) is 0 Å². The molecule has 0 amide bonds. The summed E-state index contributed by atoms with van der Waals surface area (Å²) in [4.78, 5) is 52.5. The van der Waals surface area contributed by atoms with E-state index in [1.54, 1.807) is 0 Å². The molecule has 6 aromatic rings. The van der Waals surface area contributed by atoms with Gasteiger partial charge in [-0.1, -0.05) is 115 Å². The zero-order valence-corrected chi connectivity index (χ0v) is 29.5. The zero-order valence-electron chi connectivity index (χ0n) is 28.7. The molecule has 2 saturated heterocycles. The molecule has 1 aliphatic carbocycles. The number of hydrogen-bond acceptors (Lipinski definition) is 9. The van der Waals surface area contributed by atoms with Crippen molar-refractivity contribution in [3.63, 3.8) is 0 Å². The highest BCUT2D eigenvalue weighted by atomic mass is 32.1. The SMILES string of the molecule is O=C1O[C@H](c2ccccc2)[C@H](c2ccccc2)N2[C@H]1[C@@H](C(=O)Cc1nc3ccccc3s1)[C@]1(C(=O)Cc3ccccc31)[C@H]2c1ccccc1OCCO. The number of carbonyl (C=O) groups is 3. The van der Waals surface area contributed by atoms with Crippen LogP contribution in [0, 0.1) is 5.92 Å². The van der Waals surface area contributed by atoms with Gasteiger partial charge >= 0.3 is 5.97 Å². The van der Waals surface area contributed by atoms with Crippen molar-refractivity contribution in [1.29, 1.82) is 0 Å². The van der Waals surface area contributed by atoms with E-state index in [9.17, 15) is 9.90 Å². The Morgan fingerprint density at radius 3 is 2.28 bits per heavy atom. The summed E-state index contributed by atoms with van der Waals surface area (Å²) in [6.45, 7) is -0.183. The smallest absolute Gasteiger partial charge is 0.324 e. The second-order valence-electron chi connectivity index (χ2n) is 13.9. The van der Waals surface area contributed by atoms with E-state index in [1.165, 1.54) is 11.3 Å². The van der Waals surface area contributed by atoms with Crippen LogP contribution in [-0.4, -0.2) is 51.8 Å². The fraction of sp³-hybridized carbons (Fsp3) is 0.227. The number of aliphatic hydroxyl groups excluding tert-OH is 1. The predicted octanol–water partition coefficient (Wildman–Crippen LogP) is 6.92. The first-order valence-corrected chi connectivity index (χ1v) is 18.7. The molecule has 8 nitrogen and oxygen atoms in total. The van der Waals surface area contributed by atoms with Crippen molar-refractivity contribution in [1.82, 2.24) is 9.88 Å². The molecule has 1 aromatic heterocycles. The second kappa shape index (κ2) is 13.5. The number of para-hydroxylation sites is 2. The van der Waals surface area contributed by atoms with Crippen molar-refractivity contribution in [2.24, 2.45) is 5.92 Å². The van der Waals surface area contributed by atoms with E-state index in [1.807, 2.05) is 133 Å². The van der Waals surface area contributed by atoms with Crippen molar-refractivity contribution < 1.29 is 29.0 Å². The van der Waals surface area contributed by atoms with Gasteiger partial charge in [0.1, 0.15) is 35.3 Å². The molecule has 53 heavy (non-hydrogen) atoms. The Bertz CT molecular complexity index is 2310. The minimum atomic E-state index is -1.48. The third-order valence-electron chi connectivity index (χ3n) is 11.1. The molecule has 3 heterocycles. The maximum Gasteiger partial charge on any atom is 0.324 e. The van der Waals surface area contributed by atoms with Gasteiger partial charge in [0, 0.05) is 12.0 Å². The molecule has 0 saturated carbocycles. The number of cyclic esters (lactones) is 1. The quantitative estimate of drug-likeness (QED) is 0.161. The summed E-state index contributed by atoms with van der Waals surface area (Å²) in [5.41, 5.74) is 3.22. The standard InChI is InChI=1S/C44H36N2O6S/c47-23-24-51-34-21-11-8-18-30(34)42-44(31-19-9-7-17-29(31)25-36(44)49)38(33(48)26-37-45-32-20-10-12-22-35(32)53-37)40-43(50)52-41(28-15-5-2-6-16-28)39(46(40)42)27-13-3-1-4-14-27/h1-22,38-42,47H,23-26H2/t38-,39+,40+,41-,42-,44+/m1/s1. The van der Waals surface area contributed by atoms with Gasteiger partial charge in [-0.05, 0) is 40.5 Å². The summed E-state index contributed by atoms with van der Waals surface area (Å²) < 4.78 is 13.7. The van der Waals surface area contributed by atoms with Gasteiger partial charge in [-0.2, -0.15) is 0 Å². The molecular formula is C44H36N2O6S. The largest absolute Gasteiger partial charge is 0.491 e. The number of aliphatic hydroxyl groups is 1. The predicted molar refractivity (Wildman–Crippen MR) is 201 cm³/mol. The lowest BCUT2D eigenvalue weighted by Gasteiger charge is -2.46. The molecular weight excluding hydrogens is 685 g/mol. The van der Waals surface area contributed by atoms with Gasteiger partial charge < -0.3 is 14.6 Å². The number of rotatable bonds is 9. The number of esters is 1. The van der Waals surface area contributed by atoms with Crippen molar-refractivity contribution in [2.75, 3.05) is 13.2 Å². The Morgan fingerprint density at radius 1 is 0.830 bits per heavy atom. The van der Waals surface area contributed by atoms with Gasteiger partial charge in [-0.3, -0.25) is 19.3 Å². The third-order valence-corrected chi connectivity index (χ3v) is 12.1. The van der Waals surface area contributed by atoms with Crippen LogP contribution >= 0.6 is 11.3 Å². The molecule has 1 spiro atoms. The maximum atomic E-state index is 15.4. The van der Waals surface area contributed by atoms with Crippen molar-refractivity contribution in [3.8, 4) is 5.75 Å². The van der Waals surface area contributed by atoms with Gasteiger partial charge in [-0.15, -0.1) is 11.3 Å². The highest BCUT2D eigenvalue weighted by molar-refractivity contribution is 7.18. The number of morpholine rings is 1. The van der Waals surface area contributed by atoms with Gasteiger partial charge in [0.05, 0.1) is 46.7 Å². The number of ether oxygens (including phenoxy) is 2. The Labute approximate surface area is 310 Å². The fourth-order valence-corrected chi connectivity index (χ4v) is 10.1. The molecule has 2 aliphatic heterocycles. The topological polar surface area (TPSA) is 106 Å². The molecule has 264 valence electrons. The number of Topliss-reactive ketones (excluding diaryl/α,β-unsaturated/α-hetero) is 2. The van der Waals surface area contributed by atoms with Crippen molar-refractivity contribution in [2.45, 2.75) is 42.5 Å². The van der Waals surface area contributed by atoms with Crippen LogP contribution in [0.4, 0.5) is 0 Å². The van der Waals surface area contributed by atoms with E-state index in [4.69, 9.17) is 14.5 Å². The third kappa shape index (κ3) is 5.33. The summed E-state index contributed by atoms with van der Waals surface area (Å²) in [5.74, 6) is -1.57. The number of fused-ring (bicyclic) bond motifs is 4. The van der Waals surface area contributed by atoms with Crippen LogP contribution in [0.25, 0.3) is 10.2 Å². The number of benzene rings is 5. The second-order valence-corrected chi connectivity index (χ2v) is 15.0. The molecule has 0 bridgehead atoms. The monoisotopic (exact) mass is 720 g/mol. The maximum absolute atomic E-state index is 15.4. The first-order chi connectivity index (χ1) is 26.0. The molecule has 9 rings (SSSR count). The first kappa shape index (κ1) is 33.4. The van der Waals surface area contributed by atoms with Crippen molar-refractivity contribution in [3.05, 3.63) is 166 Å². The van der Waals surface area contributed by atoms with E-state index in [-0.39, 0.29) is 37.6 Å². The first-order valence-electron chi connectivity index (χ1n) is 17.9. The number of ketones is 2. The van der Waals surface area contributed by atoms with E-state index in [2.05, 4.69) is 4.90 Å². The highest BCUT2D eigenvalue weighted by Crippen LogP contribution is 2.65. The number of nitrogens with zero attached hydrogens (tertiary/aromatic N) is 2. The number of thiazole rings is 1. The van der Waals surface area contributed by atoms with Crippen molar-refractivity contribution >= 4 is 39.1 Å². The van der Waals surface area contributed by atoms with Crippen LogP contribution in [-0.2, 0) is 37.4 Å². The minimum Gasteiger partial charge on any atom is -0.491 e. The average Bonchev–Trinajstić information content (AvgIpc) is 3.84. The van der Waals surface area contributed by atoms with E-state index < -0.39 is 41.5 Å². The molecule has 6 atom stereocenters. The van der Waals surface area contributed by atoms with Gasteiger partial charge in [0.25, 0.3) is 0 Å². The Kier molecular flexibility index (Phi) is 8.49. The summed E-state index contributed by atoms with van der Waals surface area (Å²) in [6.07, 6.45) is -0.686. The molecule has 0 unspecified atom stereocenters. The molecule has 0 radical (unpaired) electrons. The van der Waals surface area contributed by atoms with Crippen LogP contribution in [0.1, 0.15) is 51.0 Å². The van der Waals surface area contributed by atoms with Crippen LogP contribution < -0.4 is 4.74 Å². The normalized spacial score (nSPS) is 25.0. The summed E-state index contributed by atoms with van der Waals surface area (Å²) in [6, 6.07) is 39.9. The van der Waals surface area contributed by atoms with Crippen LogP contribution in [0.5, 0.6) is 5.75 Å². The van der Waals surface area contributed by atoms with E-state index in [0.717, 1.165) is 32.5 Å². The molecule has 1 N–H and O–H groups in total. The van der Waals surface area contributed by atoms with Gasteiger partial charge in [-0.25, -0.2) is 4.98 Å². The number of hydrogen-bond donors (Lipinski definition) is 1. The molecule has 2 fully saturated rings. The lowest BCUT2D eigenvalue weighted by atomic mass is 9.63. The number of aromatic nitrogens is 1. The van der Waals surface area contributed by atoms with Crippen LogP contribution in [0.3, 0.4) is 0 Å². The zero-order chi connectivity index (χ0) is 36.1.